The summed E-state index contributed by atoms with van der Waals surface area (Å²) in [4.78, 5) is 16.1. The van der Waals surface area contributed by atoms with Crippen molar-refractivity contribution in [3.8, 4) is 0 Å². The lowest BCUT2D eigenvalue weighted by Crippen LogP contribution is -2.05. The minimum atomic E-state index is 0.108. The largest absolute Gasteiger partial charge is 0.381 e. The Morgan fingerprint density at radius 3 is 3.06 bits per heavy atom. The van der Waals surface area contributed by atoms with Crippen LogP contribution in [0.15, 0.2) is 36.7 Å². The Bertz CT molecular complexity index is 517. The van der Waals surface area contributed by atoms with Crippen molar-refractivity contribution in [2.75, 3.05) is 13.2 Å². The summed E-state index contributed by atoms with van der Waals surface area (Å²) in [7, 11) is 0. The summed E-state index contributed by atoms with van der Waals surface area (Å²) < 4.78 is 5.20. The van der Waals surface area contributed by atoms with Gasteiger partial charge in [-0.25, -0.2) is 0 Å². The highest BCUT2D eigenvalue weighted by atomic mass is 16.5. The molecule has 88 valence electrons. The maximum Gasteiger partial charge on any atom is 0.165 e. The third-order valence-electron chi connectivity index (χ3n) is 2.66. The molecule has 17 heavy (non-hydrogen) atoms. The van der Waals surface area contributed by atoms with Crippen LogP contribution in [-0.4, -0.2) is 24.0 Å². The molecule has 0 spiro atoms. The molecular formula is C14H15NO2. The molecule has 0 atom stereocenters. The van der Waals surface area contributed by atoms with E-state index < -0.39 is 0 Å². The summed E-state index contributed by atoms with van der Waals surface area (Å²) in [5, 5.41) is 1.96. The summed E-state index contributed by atoms with van der Waals surface area (Å²) in [6.07, 6.45) is 3.89. The van der Waals surface area contributed by atoms with Crippen LogP contribution in [0.4, 0.5) is 0 Å². The van der Waals surface area contributed by atoms with Gasteiger partial charge < -0.3 is 4.74 Å². The van der Waals surface area contributed by atoms with Crippen LogP contribution in [0.2, 0.25) is 0 Å². The lowest BCUT2D eigenvalue weighted by Gasteiger charge is -2.05. The van der Waals surface area contributed by atoms with Gasteiger partial charge in [-0.3, -0.25) is 9.78 Å². The Morgan fingerprint density at radius 1 is 1.35 bits per heavy atom. The quantitative estimate of drug-likeness (QED) is 0.584. The molecule has 0 fully saturated rings. The van der Waals surface area contributed by atoms with Gasteiger partial charge in [-0.05, 0) is 18.4 Å². The molecule has 0 aliphatic rings. The maximum absolute atomic E-state index is 12.0. The van der Waals surface area contributed by atoms with Gasteiger partial charge in [0.15, 0.2) is 5.78 Å². The van der Waals surface area contributed by atoms with Gasteiger partial charge in [0, 0.05) is 36.4 Å². The van der Waals surface area contributed by atoms with E-state index in [4.69, 9.17) is 4.74 Å². The summed E-state index contributed by atoms with van der Waals surface area (Å²) in [5.41, 5.74) is 0.732. The molecule has 1 heterocycles. The van der Waals surface area contributed by atoms with E-state index in [9.17, 15) is 4.79 Å². The van der Waals surface area contributed by atoms with Crippen molar-refractivity contribution in [2.45, 2.75) is 13.3 Å². The van der Waals surface area contributed by atoms with Gasteiger partial charge in [-0.2, -0.15) is 0 Å². The van der Waals surface area contributed by atoms with Gasteiger partial charge >= 0.3 is 0 Å². The van der Waals surface area contributed by atoms with Gasteiger partial charge in [0.1, 0.15) is 0 Å². The number of nitrogens with zero attached hydrogens (tertiary/aromatic N) is 1. The van der Waals surface area contributed by atoms with E-state index in [2.05, 4.69) is 4.98 Å². The van der Waals surface area contributed by atoms with Crippen molar-refractivity contribution in [3.63, 3.8) is 0 Å². The number of hydrogen-bond acceptors (Lipinski definition) is 3. The van der Waals surface area contributed by atoms with E-state index in [1.807, 2.05) is 31.2 Å². The average Bonchev–Trinajstić information content (AvgIpc) is 2.38. The fraction of sp³-hybridized carbons (Fsp3) is 0.286. The summed E-state index contributed by atoms with van der Waals surface area (Å²) in [5.74, 6) is 0.108. The van der Waals surface area contributed by atoms with Crippen LogP contribution in [0.5, 0.6) is 0 Å². The monoisotopic (exact) mass is 229 g/mol. The second kappa shape index (κ2) is 5.55. The molecule has 0 aliphatic heterocycles. The number of Topliss-reactive ketones (excluding diaryl/α,β-unsaturated/α-hetero) is 1. The zero-order valence-corrected chi connectivity index (χ0v) is 9.85. The molecule has 0 amide bonds. The zero-order chi connectivity index (χ0) is 12.1. The van der Waals surface area contributed by atoms with Crippen LogP contribution in [0, 0.1) is 0 Å². The molecule has 0 saturated heterocycles. The van der Waals surface area contributed by atoms with E-state index >= 15 is 0 Å². The highest BCUT2D eigenvalue weighted by Gasteiger charge is 2.09. The predicted octanol–water partition coefficient (Wildman–Crippen LogP) is 2.84. The third kappa shape index (κ3) is 2.68. The van der Waals surface area contributed by atoms with Crippen molar-refractivity contribution >= 4 is 16.6 Å². The van der Waals surface area contributed by atoms with E-state index in [0.29, 0.717) is 19.6 Å². The van der Waals surface area contributed by atoms with Gasteiger partial charge in [0.05, 0.1) is 6.61 Å². The standard InChI is InChI=1S/C14H15NO2/c1-2-17-9-7-14(16)12-5-3-4-11-6-8-15-10-13(11)12/h3-6,8,10H,2,7,9H2,1H3. The Labute approximate surface area is 100 Å². The van der Waals surface area contributed by atoms with Crippen molar-refractivity contribution in [2.24, 2.45) is 0 Å². The molecule has 0 saturated carbocycles. The van der Waals surface area contributed by atoms with E-state index in [-0.39, 0.29) is 5.78 Å². The number of aromatic nitrogens is 1. The smallest absolute Gasteiger partial charge is 0.165 e. The molecule has 0 radical (unpaired) electrons. The fourth-order valence-electron chi connectivity index (χ4n) is 1.80. The van der Waals surface area contributed by atoms with Crippen LogP contribution >= 0.6 is 0 Å². The van der Waals surface area contributed by atoms with Crippen LogP contribution in [0.25, 0.3) is 10.8 Å². The molecule has 3 nitrogen and oxygen atoms in total. The topological polar surface area (TPSA) is 39.2 Å². The number of ketones is 1. The molecule has 0 N–H and O–H groups in total. The number of hydrogen-bond donors (Lipinski definition) is 0. The second-order valence-electron chi connectivity index (χ2n) is 3.77. The van der Waals surface area contributed by atoms with Gasteiger partial charge in [0.25, 0.3) is 0 Å². The number of benzene rings is 1. The Kier molecular flexibility index (Phi) is 3.83. The lowest BCUT2D eigenvalue weighted by atomic mass is 10.0. The van der Waals surface area contributed by atoms with Crippen molar-refractivity contribution in [1.29, 1.82) is 0 Å². The number of carbonyl (C=O) groups excluding carboxylic acids is 1. The van der Waals surface area contributed by atoms with Crippen LogP contribution < -0.4 is 0 Å². The SMILES string of the molecule is CCOCCC(=O)c1cccc2ccncc12. The molecule has 3 heteroatoms. The van der Waals surface area contributed by atoms with E-state index in [1.165, 1.54) is 0 Å². The van der Waals surface area contributed by atoms with E-state index in [0.717, 1.165) is 16.3 Å². The van der Waals surface area contributed by atoms with Crippen molar-refractivity contribution in [3.05, 3.63) is 42.2 Å². The molecule has 0 unspecified atom stereocenters. The number of carbonyl (C=O) groups is 1. The maximum atomic E-state index is 12.0. The molecule has 2 rings (SSSR count). The zero-order valence-electron chi connectivity index (χ0n) is 9.85. The Hall–Kier alpha value is -1.74. The first-order valence-corrected chi connectivity index (χ1v) is 5.76. The summed E-state index contributed by atoms with van der Waals surface area (Å²) >= 11 is 0. The molecule has 1 aromatic carbocycles. The number of pyridine rings is 1. The second-order valence-corrected chi connectivity index (χ2v) is 3.77. The third-order valence-corrected chi connectivity index (χ3v) is 2.66. The number of rotatable bonds is 5. The highest BCUT2D eigenvalue weighted by Crippen LogP contribution is 2.18. The Balaban J connectivity index is 2.26. The molecule has 1 aromatic heterocycles. The average molecular weight is 229 g/mol. The van der Waals surface area contributed by atoms with Crippen LogP contribution in [0.3, 0.4) is 0 Å². The summed E-state index contributed by atoms with van der Waals surface area (Å²) in [6, 6.07) is 7.64. The minimum absolute atomic E-state index is 0.108. The summed E-state index contributed by atoms with van der Waals surface area (Å²) in [6.45, 7) is 3.04. The first kappa shape index (κ1) is 11.7. The first-order valence-electron chi connectivity index (χ1n) is 5.76. The van der Waals surface area contributed by atoms with Gasteiger partial charge in [-0.1, -0.05) is 18.2 Å². The van der Waals surface area contributed by atoms with E-state index in [1.54, 1.807) is 12.4 Å². The van der Waals surface area contributed by atoms with Gasteiger partial charge in [-0.15, -0.1) is 0 Å². The van der Waals surface area contributed by atoms with Crippen LogP contribution in [0.1, 0.15) is 23.7 Å². The highest BCUT2D eigenvalue weighted by molar-refractivity contribution is 6.07. The van der Waals surface area contributed by atoms with Crippen LogP contribution in [-0.2, 0) is 4.74 Å². The first-order chi connectivity index (χ1) is 8.33. The predicted molar refractivity (Wildman–Crippen MR) is 67.2 cm³/mol. The normalized spacial score (nSPS) is 10.6. The molecule has 0 bridgehead atoms. The minimum Gasteiger partial charge on any atom is -0.381 e. The fourth-order valence-corrected chi connectivity index (χ4v) is 1.80. The molecule has 2 aromatic rings. The molecule has 0 aliphatic carbocycles. The lowest BCUT2D eigenvalue weighted by molar-refractivity contribution is 0.0897. The molecular weight excluding hydrogens is 214 g/mol. The number of ether oxygens (including phenoxy) is 1. The van der Waals surface area contributed by atoms with Gasteiger partial charge in [0.2, 0.25) is 0 Å². The number of fused-ring (bicyclic) bond motifs is 1. The van der Waals surface area contributed by atoms with Crippen molar-refractivity contribution in [1.82, 2.24) is 4.98 Å². The van der Waals surface area contributed by atoms with Crippen molar-refractivity contribution < 1.29 is 9.53 Å². The Morgan fingerprint density at radius 2 is 2.24 bits per heavy atom.